The maximum atomic E-state index is 5.45. The van der Waals surface area contributed by atoms with E-state index in [-0.39, 0.29) is 11.0 Å². The van der Waals surface area contributed by atoms with E-state index in [1.165, 1.54) is 5.56 Å². The summed E-state index contributed by atoms with van der Waals surface area (Å²) in [6.45, 7) is 13.8. The summed E-state index contributed by atoms with van der Waals surface area (Å²) in [5.41, 5.74) is 3.56. The molecule has 3 heteroatoms. The molecule has 21 heavy (non-hydrogen) atoms. The summed E-state index contributed by atoms with van der Waals surface area (Å²) in [5, 5.41) is 7.54. The molecule has 2 rings (SSSR count). The second-order valence-corrected chi connectivity index (χ2v) is 7.61. The molecule has 1 N–H and O–H groups in total. The van der Waals surface area contributed by atoms with E-state index in [9.17, 15) is 0 Å². The predicted octanol–water partition coefficient (Wildman–Crippen LogP) is 4.53. The molecule has 0 amide bonds. The average Bonchev–Trinajstić information content (AvgIpc) is 2.83. The SMILES string of the molecule is CC(C)(C)NCc1cc(-c2ccc(C(C)(C)C)cc2)on1. The van der Waals surface area contributed by atoms with Gasteiger partial charge in [0, 0.05) is 23.7 Å². The Morgan fingerprint density at radius 2 is 1.62 bits per heavy atom. The zero-order valence-corrected chi connectivity index (χ0v) is 13.9. The van der Waals surface area contributed by atoms with Crippen LogP contribution in [0.2, 0.25) is 0 Å². The topological polar surface area (TPSA) is 38.1 Å². The van der Waals surface area contributed by atoms with Gasteiger partial charge in [0.1, 0.15) is 0 Å². The van der Waals surface area contributed by atoms with E-state index in [1.54, 1.807) is 0 Å². The molecule has 2 aromatic rings. The van der Waals surface area contributed by atoms with Crippen molar-refractivity contribution in [1.29, 1.82) is 0 Å². The van der Waals surface area contributed by atoms with Gasteiger partial charge in [-0.1, -0.05) is 50.2 Å². The largest absolute Gasteiger partial charge is 0.356 e. The van der Waals surface area contributed by atoms with Crippen LogP contribution in [-0.4, -0.2) is 10.7 Å². The lowest BCUT2D eigenvalue weighted by Crippen LogP contribution is -2.35. The van der Waals surface area contributed by atoms with Crippen LogP contribution in [0.15, 0.2) is 34.9 Å². The van der Waals surface area contributed by atoms with Crippen molar-refractivity contribution in [2.45, 2.75) is 59.0 Å². The molecule has 0 spiro atoms. The molecule has 0 atom stereocenters. The first kappa shape index (κ1) is 15.8. The van der Waals surface area contributed by atoms with Gasteiger partial charge < -0.3 is 9.84 Å². The highest BCUT2D eigenvalue weighted by atomic mass is 16.5. The molecule has 0 radical (unpaired) electrons. The molecule has 0 aliphatic carbocycles. The van der Waals surface area contributed by atoms with Crippen molar-refractivity contribution in [3.63, 3.8) is 0 Å². The Hall–Kier alpha value is -1.61. The smallest absolute Gasteiger partial charge is 0.167 e. The summed E-state index contributed by atoms with van der Waals surface area (Å²) < 4.78 is 5.45. The van der Waals surface area contributed by atoms with Crippen LogP contribution in [0.4, 0.5) is 0 Å². The van der Waals surface area contributed by atoms with Gasteiger partial charge in [0.25, 0.3) is 0 Å². The van der Waals surface area contributed by atoms with E-state index in [4.69, 9.17) is 4.52 Å². The van der Waals surface area contributed by atoms with Crippen LogP contribution < -0.4 is 5.32 Å². The normalized spacial score (nSPS) is 12.7. The fourth-order valence-corrected chi connectivity index (χ4v) is 2.02. The molecule has 0 aliphatic heterocycles. The Morgan fingerprint density at radius 1 is 1.00 bits per heavy atom. The third-order valence-electron chi connectivity index (χ3n) is 3.39. The second-order valence-electron chi connectivity index (χ2n) is 7.61. The van der Waals surface area contributed by atoms with E-state index in [1.807, 2.05) is 6.07 Å². The lowest BCUT2D eigenvalue weighted by molar-refractivity contribution is 0.392. The standard InChI is InChI=1S/C18H26N2O/c1-17(2,3)14-9-7-13(8-10-14)16-11-15(20-21-16)12-19-18(4,5)6/h7-11,19H,12H2,1-6H3. The average molecular weight is 286 g/mol. The van der Waals surface area contributed by atoms with Gasteiger partial charge >= 0.3 is 0 Å². The van der Waals surface area contributed by atoms with Crippen molar-refractivity contribution in [2.75, 3.05) is 0 Å². The number of nitrogens with zero attached hydrogens (tertiary/aromatic N) is 1. The van der Waals surface area contributed by atoms with Crippen LogP contribution in [0.1, 0.15) is 52.8 Å². The minimum atomic E-state index is 0.0769. The van der Waals surface area contributed by atoms with E-state index < -0.39 is 0 Å². The molecule has 1 heterocycles. The molecule has 3 nitrogen and oxygen atoms in total. The minimum Gasteiger partial charge on any atom is -0.356 e. The molecule has 1 aromatic heterocycles. The van der Waals surface area contributed by atoms with Crippen molar-refractivity contribution in [3.05, 3.63) is 41.6 Å². The van der Waals surface area contributed by atoms with Crippen molar-refractivity contribution >= 4 is 0 Å². The predicted molar refractivity (Wildman–Crippen MR) is 87.2 cm³/mol. The number of nitrogens with one attached hydrogen (secondary N) is 1. The summed E-state index contributed by atoms with van der Waals surface area (Å²) in [4.78, 5) is 0. The van der Waals surface area contributed by atoms with Gasteiger partial charge in [-0.05, 0) is 31.7 Å². The lowest BCUT2D eigenvalue weighted by Gasteiger charge is -2.19. The van der Waals surface area contributed by atoms with Gasteiger partial charge in [-0.2, -0.15) is 0 Å². The maximum absolute atomic E-state index is 5.45. The van der Waals surface area contributed by atoms with Crippen molar-refractivity contribution in [3.8, 4) is 11.3 Å². The first-order valence-electron chi connectivity index (χ1n) is 7.47. The Labute approximate surface area is 127 Å². The van der Waals surface area contributed by atoms with Gasteiger partial charge in [-0.15, -0.1) is 0 Å². The summed E-state index contributed by atoms with van der Waals surface area (Å²) in [6, 6.07) is 10.5. The molecule has 114 valence electrons. The van der Waals surface area contributed by atoms with Gasteiger partial charge in [0.2, 0.25) is 0 Å². The fraction of sp³-hybridized carbons (Fsp3) is 0.500. The number of aromatic nitrogens is 1. The molecular weight excluding hydrogens is 260 g/mol. The Kier molecular flexibility index (Phi) is 4.24. The fourth-order valence-electron chi connectivity index (χ4n) is 2.02. The van der Waals surface area contributed by atoms with Gasteiger partial charge in [0.05, 0.1) is 5.69 Å². The number of rotatable bonds is 3. The molecule has 0 bridgehead atoms. The second kappa shape index (κ2) is 5.64. The molecule has 0 saturated carbocycles. The maximum Gasteiger partial charge on any atom is 0.167 e. The van der Waals surface area contributed by atoms with E-state index >= 15 is 0 Å². The summed E-state index contributed by atoms with van der Waals surface area (Å²) >= 11 is 0. The molecule has 0 aliphatic rings. The first-order chi connectivity index (χ1) is 9.65. The van der Waals surface area contributed by atoms with Crippen LogP contribution in [0, 0.1) is 0 Å². The monoisotopic (exact) mass is 286 g/mol. The third-order valence-corrected chi connectivity index (χ3v) is 3.39. The Balaban J connectivity index is 2.11. The van der Waals surface area contributed by atoms with E-state index in [0.29, 0.717) is 6.54 Å². The Bertz CT molecular complexity index is 583. The third kappa shape index (κ3) is 4.43. The summed E-state index contributed by atoms with van der Waals surface area (Å²) in [7, 11) is 0. The molecular formula is C18H26N2O. The van der Waals surface area contributed by atoms with Crippen LogP contribution >= 0.6 is 0 Å². The van der Waals surface area contributed by atoms with Gasteiger partial charge in [0.15, 0.2) is 5.76 Å². The zero-order valence-electron chi connectivity index (χ0n) is 13.9. The summed E-state index contributed by atoms with van der Waals surface area (Å²) in [5.74, 6) is 0.821. The van der Waals surface area contributed by atoms with Crippen LogP contribution in [0.3, 0.4) is 0 Å². The summed E-state index contributed by atoms with van der Waals surface area (Å²) in [6.07, 6.45) is 0. The number of hydrogen-bond acceptors (Lipinski definition) is 3. The van der Waals surface area contributed by atoms with Crippen LogP contribution in [0.5, 0.6) is 0 Å². The number of hydrogen-bond donors (Lipinski definition) is 1. The first-order valence-corrected chi connectivity index (χ1v) is 7.47. The number of benzene rings is 1. The van der Waals surface area contributed by atoms with Gasteiger partial charge in [-0.3, -0.25) is 0 Å². The highest BCUT2D eigenvalue weighted by Crippen LogP contribution is 2.26. The molecule has 1 aromatic carbocycles. The highest BCUT2D eigenvalue weighted by Gasteiger charge is 2.15. The quantitative estimate of drug-likeness (QED) is 0.901. The lowest BCUT2D eigenvalue weighted by atomic mass is 9.86. The molecule has 0 saturated heterocycles. The zero-order chi connectivity index (χ0) is 15.7. The van der Waals surface area contributed by atoms with Gasteiger partial charge in [-0.25, -0.2) is 0 Å². The van der Waals surface area contributed by atoms with Crippen LogP contribution in [-0.2, 0) is 12.0 Å². The van der Waals surface area contributed by atoms with E-state index in [0.717, 1.165) is 17.0 Å². The molecule has 0 unspecified atom stereocenters. The van der Waals surface area contributed by atoms with E-state index in [2.05, 4.69) is 76.3 Å². The molecule has 0 fully saturated rings. The minimum absolute atomic E-state index is 0.0769. The highest BCUT2D eigenvalue weighted by molar-refractivity contribution is 5.58. The Morgan fingerprint density at radius 3 is 2.14 bits per heavy atom. The van der Waals surface area contributed by atoms with Crippen LogP contribution in [0.25, 0.3) is 11.3 Å². The van der Waals surface area contributed by atoms with Crippen molar-refractivity contribution in [2.24, 2.45) is 0 Å². The van der Waals surface area contributed by atoms with Crippen molar-refractivity contribution in [1.82, 2.24) is 10.5 Å². The van der Waals surface area contributed by atoms with Crippen molar-refractivity contribution < 1.29 is 4.52 Å².